The molecule has 2 aromatic carbocycles. The first-order valence-electron chi connectivity index (χ1n) is 6.03. The van der Waals surface area contributed by atoms with Crippen LogP contribution in [0.1, 0.15) is 22.3 Å². The van der Waals surface area contributed by atoms with Crippen LogP contribution in [-0.4, -0.2) is 8.42 Å². The van der Waals surface area contributed by atoms with Gasteiger partial charge in [-0.05, 0) is 42.7 Å². The van der Waals surface area contributed by atoms with Gasteiger partial charge in [-0.3, -0.25) is 0 Å². The van der Waals surface area contributed by atoms with Crippen molar-refractivity contribution in [1.29, 1.82) is 0 Å². The molecule has 0 saturated carbocycles. The van der Waals surface area contributed by atoms with Crippen molar-refractivity contribution in [2.45, 2.75) is 30.1 Å². The molecule has 0 aromatic heterocycles. The van der Waals surface area contributed by atoms with Gasteiger partial charge in [0.15, 0.2) is 0 Å². The zero-order valence-corrected chi connectivity index (χ0v) is 12.3. The van der Waals surface area contributed by atoms with Crippen LogP contribution in [0.3, 0.4) is 0 Å². The summed E-state index contributed by atoms with van der Waals surface area (Å²) in [5, 5.41) is 0.454. The summed E-state index contributed by atoms with van der Waals surface area (Å²) >= 11 is 5.93. The first-order chi connectivity index (χ1) is 8.89. The van der Waals surface area contributed by atoms with Crippen molar-refractivity contribution in [3.8, 4) is 0 Å². The third kappa shape index (κ3) is 1.88. The van der Waals surface area contributed by atoms with Crippen molar-refractivity contribution < 1.29 is 8.42 Å². The largest absolute Gasteiger partial charge is 0.218 e. The van der Waals surface area contributed by atoms with E-state index in [0.29, 0.717) is 21.2 Å². The second kappa shape index (κ2) is 4.09. The molecule has 98 valence electrons. The molecule has 0 fully saturated rings. The molecule has 0 aliphatic carbocycles. The number of aryl methyl sites for hydroxylation is 2. The Kier molecular flexibility index (Phi) is 2.73. The maximum Gasteiger partial charge on any atom is 0.207 e. The summed E-state index contributed by atoms with van der Waals surface area (Å²) in [6.45, 7) is 3.83. The predicted molar refractivity (Wildman–Crippen MR) is 75.6 cm³/mol. The van der Waals surface area contributed by atoms with E-state index >= 15 is 0 Å². The summed E-state index contributed by atoms with van der Waals surface area (Å²) in [5.74, 6) is 0. The Morgan fingerprint density at radius 2 is 1.79 bits per heavy atom. The zero-order chi connectivity index (χ0) is 13.8. The van der Waals surface area contributed by atoms with Crippen LogP contribution >= 0.6 is 11.6 Å². The number of halogens is 1. The normalized spacial score (nSPS) is 15.7. The molecule has 0 spiro atoms. The van der Waals surface area contributed by atoms with E-state index in [1.807, 2.05) is 26.0 Å². The zero-order valence-electron chi connectivity index (χ0n) is 10.7. The van der Waals surface area contributed by atoms with E-state index in [2.05, 4.69) is 0 Å². The first kappa shape index (κ1) is 12.7. The van der Waals surface area contributed by atoms with E-state index in [0.717, 1.165) is 22.3 Å². The molecule has 1 aliphatic rings. The van der Waals surface area contributed by atoms with Gasteiger partial charge < -0.3 is 0 Å². The number of benzene rings is 2. The maximum atomic E-state index is 12.7. The van der Waals surface area contributed by atoms with Gasteiger partial charge in [-0.15, -0.1) is 0 Å². The molecule has 0 radical (unpaired) electrons. The van der Waals surface area contributed by atoms with Gasteiger partial charge in [0.05, 0.1) is 9.79 Å². The minimum absolute atomic E-state index is 0.347. The highest BCUT2D eigenvalue weighted by atomic mass is 35.5. The lowest BCUT2D eigenvalue weighted by Crippen LogP contribution is -2.16. The van der Waals surface area contributed by atoms with Crippen LogP contribution < -0.4 is 0 Å². The molecule has 0 unspecified atom stereocenters. The lowest BCUT2D eigenvalue weighted by Gasteiger charge is -2.22. The molecule has 0 amide bonds. The van der Waals surface area contributed by atoms with Crippen molar-refractivity contribution in [3.05, 3.63) is 57.6 Å². The van der Waals surface area contributed by atoms with Crippen molar-refractivity contribution in [1.82, 2.24) is 0 Å². The van der Waals surface area contributed by atoms with E-state index in [9.17, 15) is 8.42 Å². The van der Waals surface area contributed by atoms with Gasteiger partial charge in [0, 0.05) is 11.4 Å². The van der Waals surface area contributed by atoms with Gasteiger partial charge in [0.1, 0.15) is 0 Å². The average Bonchev–Trinajstić information content (AvgIpc) is 2.29. The van der Waals surface area contributed by atoms with Crippen molar-refractivity contribution in [3.63, 3.8) is 0 Å². The Bertz CT molecular complexity index is 792. The van der Waals surface area contributed by atoms with Gasteiger partial charge in [0.25, 0.3) is 0 Å². The van der Waals surface area contributed by atoms with Gasteiger partial charge in [-0.25, -0.2) is 8.42 Å². The van der Waals surface area contributed by atoms with Gasteiger partial charge in [0.2, 0.25) is 9.84 Å². The standard InChI is InChI=1S/C15H13ClO2S/c1-9-5-10(2)15-12(6-9)7-11-3-4-13(16)8-14(11)19(15,17)18/h3-6,8H,7H2,1-2H3. The lowest BCUT2D eigenvalue weighted by molar-refractivity contribution is 0.591. The van der Waals surface area contributed by atoms with Crippen LogP contribution in [0.4, 0.5) is 0 Å². The van der Waals surface area contributed by atoms with Crippen molar-refractivity contribution in [2.75, 3.05) is 0 Å². The number of hydrogen-bond acceptors (Lipinski definition) is 2. The molecule has 0 N–H and O–H groups in total. The van der Waals surface area contributed by atoms with Crippen LogP contribution in [0.25, 0.3) is 0 Å². The van der Waals surface area contributed by atoms with Crippen LogP contribution in [0.5, 0.6) is 0 Å². The van der Waals surface area contributed by atoms with Crippen LogP contribution in [0.2, 0.25) is 5.02 Å². The number of rotatable bonds is 0. The maximum absolute atomic E-state index is 12.7. The minimum atomic E-state index is -3.46. The SMILES string of the molecule is Cc1cc(C)c2c(c1)Cc1ccc(Cl)cc1S2(=O)=O. The molecule has 1 heterocycles. The molecule has 3 rings (SSSR count). The third-order valence-electron chi connectivity index (χ3n) is 3.46. The Balaban J connectivity index is 2.38. The Hall–Kier alpha value is -1.32. The van der Waals surface area contributed by atoms with E-state index < -0.39 is 9.84 Å². The fraction of sp³-hybridized carbons (Fsp3) is 0.200. The summed E-state index contributed by atoms with van der Waals surface area (Å²) in [6.07, 6.45) is 0.642. The number of sulfone groups is 1. The summed E-state index contributed by atoms with van der Waals surface area (Å²) in [7, 11) is -3.46. The molecular formula is C15H13ClO2S. The summed E-state index contributed by atoms with van der Waals surface area (Å²) in [4.78, 5) is 0.798. The van der Waals surface area contributed by atoms with Gasteiger partial charge in [-0.1, -0.05) is 35.4 Å². The average molecular weight is 293 g/mol. The highest BCUT2D eigenvalue weighted by Gasteiger charge is 2.31. The van der Waals surface area contributed by atoms with Crippen LogP contribution in [0, 0.1) is 13.8 Å². The van der Waals surface area contributed by atoms with E-state index in [-0.39, 0.29) is 0 Å². The topological polar surface area (TPSA) is 34.1 Å². The first-order valence-corrected chi connectivity index (χ1v) is 7.89. The summed E-state index contributed by atoms with van der Waals surface area (Å²) in [5.41, 5.74) is 3.60. The lowest BCUT2D eigenvalue weighted by atomic mass is 10.00. The minimum Gasteiger partial charge on any atom is -0.218 e. The van der Waals surface area contributed by atoms with Gasteiger partial charge >= 0.3 is 0 Å². The molecule has 19 heavy (non-hydrogen) atoms. The summed E-state index contributed by atoms with van der Waals surface area (Å²) < 4.78 is 25.4. The third-order valence-corrected chi connectivity index (χ3v) is 5.78. The Morgan fingerprint density at radius 1 is 1.05 bits per heavy atom. The molecule has 1 aliphatic heterocycles. The molecule has 0 saturated heterocycles. The number of hydrogen-bond donors (Lipinski definition) is 0. The Morgan fingerprint density at radius 3 is 2.53 bits per heavy atom. The molecule has 2 nitrogen and oxygen atoms in total. The van der Waals surface area contributed by atoms with Crippen molar-refractivity contribution >= 4 is 21.4 Å². The fourth-order valence-corrected chi connectivity index (χ4v) is 4.98. The second-order valence-electron chi connectivity index (χ2n) is 5.00. The van der Waals surface area contributed by atoms with Crippen molar-refractivity contribution in [2.24, 2.45) is 0 Å². The number of fused-ring (bicyclic) bond motifs is 2. The van der Waals surface area contributed by atoms with E-state index in [1.54, 1.807) is 18.2 Å². The predicted octanol–water partition coefficient (Wildman–Crippen LogP) is 3.69. The molecule has 0 bridgehead atoms. The molecule has 2 aromatic rings. The smallest absolute Gasteiger partial charge is 0.207 e. The summed E-state index contributed by atoms with van der Waals surface area (Å²) in [6, 6.07) is 8.96. The highest BCUT2D eigenvalue weighted by molar-refractivity contribution is 7.91. The monoisotopic (exact) mass is 292 g/mol. The van der Waals surface area contributed by atoms with E-state index in [4.69, 9.17) is 11.6 Å². The van der Waals surface area contributed by atoms with Gasteiger partial charge in [-0.2, -0.15) is 0 Å². The van der Waals surface area contributed by atoms with E-state index in [1.165, 1.54) is 0 Å². The second-order valence-corrected chi connectivity index (χ2v) is 7.29. The molecular weight excluding hydrogens is 280 g/mol. The quantitative estimate of drug-likeness (QED) is 0.633. The molecule has 0 atom stereocenters. The fourth-order valence-electron chi connectivity index (χ4n) is 2.80. The highest BCUT2D eigenvalue weighted by Crippen LogP contribution is 2.37. The van der Waals surface area contributed by atoms with Crippen LogP contribution in [0.15, 0.2) is 40.1 Å². The van der Waals surface area contributed by atoms with Crippen LogP contribution in [-0.2, 0) is 16.3 Å². The molecule has 4 heteroatoms. The Labute approximate surface area is 118 Å².